The molecule has 1 aromatic carbocycles. The van der Waals surface area contributed by atoms with Crippen LogP contribution in [0, 0.1) is 11.3 Å². The van der Waals surface area contributed by atoms with Gasteiger partial charge in [0, 0.05) is 10.6 Å². The third kappa shape index (κ3) is 3.86. The summed E-state index contributed by atoms with van der Waals surface area (Å²) in [7, 11) is 0. The van der Waals surface area contributed by atoms with Crippen molar-refractivity contribution in [2.24, 2.45) is 10.7 Å². The van der Waals surface area contributed by atoms with E-state index < -0.39 is 0 Å². The average Bonchev–Trinajstić information content (AvgIpc) is 3.01. The van der Waals surface area contributed by atoms with Gasteiger partial charge in [0.2, 0.25) is 0 Å². The van der Waals surface area contributed by atoms with Crippen LogP contribution in [-0.2, 0) is 19.4 Å². The number of rotatable bonds is 5. The van der Waals surface area contributed by atoms with Crippen molar-refractivity contribution in [3.05, 3.63) is 51.2 Å². The van der Waals surface area contributed by atoms with Gasteiger partial charge < -0.3 is 11.1 Å². The molecule has 0 unspecified atom stereocenters. The van der Waals surface area contributed by atoms with Crippen LogP contribution in [0.4, 0.5) is 5.69 Å². The number of para-hydroxylation sites is 1. The van der Waals surface area contributed by atoms with Crippen LogP contribution < -0.4 is 11.1 Å². The van der Waals surface area contributed by atoms with E-state index >= 15 is 0 Å². The van der Waals surface area contributed by atoms with Gasteiger partial charge in [-0.25, -0.2) is 4.99 Å². The summed E-state index contributed by atoms with van der Waals surface area (Å²) in [6.45, 7) is 4.74. The first-order valence-electron chi connectivity index (χ1n) is 7.34. The molecule has 0 saturated heterocycles. The van der Waals surface area contributed by atoms with Crippen LogP contribution in [0.2, 0.25) is 0 Å². The summed E-state index contributed by atoms with van der Waals surface area (Å²) in [5.74, 6) is 0.405. The van der Waals surface area contributed by atoms with Gasteiger partial charge in [-0.15, -0.1) is 11.3 Å². The van der Waals surface area contributed by atoms with Gasteiger partial charge in [-0.3, -0.25) is 0 Å². The van der Waals surface area contributed by atoms with E-state index in [1.165, 1.54) is 22.5 Å². The van der Waals surface area contributed by atoms with Gasteiger partial charge in [0.1, 0.15) is 10.9 Å². The molecule has 22 heavy (non-hydrogen) atoms. The van der Waals surface area contributed by atoms with Crippen LogP contribution in [-0.4, -0.2) is 5.96 Å². The Balaban J connectivity index is 2.12. The summed E-state index contributed by atoms with van der Waals surface area (Å²) in [5.41, 5.74) is 9.56. The average molecular weight is 312 g/mol. The summed E-state index contributed by atoms with van der Waals surface area (Å²) >= 11 is 1.44. The van der Waals surface area contributed by atoms with E-state index in [2.05, 4.69) is 48.4 Å². The first kappa shape index (κ1) is 16.1. The third-order valence-corrected chi connectivity index (χ3v) is 4.40. The number of hydrogen-bond donors (Lipinski definition) is 2. The molecule has 0 fully saturated rings. The highest BCUT2D eigenvalue weighted by Gasteiger charge is 2.07. The molecular formula is C17H20N4S. The summed E-state index contributed by atoms with van der Waals surface area (Å²) < 4.78 is 0. The van der Waals surface area contributed by atoms with Crippen LogP contribution in [0.25, 0.3) is 0 Å². The van der Waals surface area contributed by atoms with Gasteiger partial charge in [0.05, 0.1) is 6.54 Å². The molecule has 4 nitrogen and oxygen atoms in total. The molecule has 114 valence electrons. The molecule has 0 atom stereocenters. The van der Waals surface area contributed by atoms with Crippen LogP contribution in [0.5, 0.6) is 0 Å². The molecular weight excluding hydrogens is 292 g/mol. The van der Waals surface area contributed by atoms with Crippen LogP contribution in [0.15, 0.2) is 35.3 Å². The zero-order valence-corrected chi connectivity index (χ0v) is 13.7. The molecule has 0 aliphatic heterocycles. The fourth-order valence-electron chi connectivity index (χ4n) is 2.26. The number of anilines is 1. The highest BCUT2D eigenvalue weighted by molar-refractivity contribution is 7.12. The second-order valence-corrected chi connectivity index (χ2v) is 6.03. The van der Waals surface area contributed by atoms with Crippen molar-refractivity contribution in [2.75, 3.05) is 5.32 Å². The molecule has 0 bridgehead atoms. The second-order valence-electron chi connectivity index (χ2n) is 4.86. The summed E-state index contributed by atoms with van der Waals surface area (Å²) in [6.07, 6.45) is 1.89. The fourth-order valence-corrected chi connectivity index (χ4v) is 2.99. The van der Waals surface area contributed by atoms with Gasteiger partial charge in [-0.05, 0) is 36.1 Å². The zero-order chi connectivity index (χ0) is 15.9. The van der Waals surface area contributed by atoms with Crippen molar-refractivity contribution in [1.29, 1.82) is 5.26 Å². The van der Waals surface area contributed by atoms with Crippen molar-refractivity contribution in [2.45, 2.75) is 33.2 Å². The van der Waals surface area contributed by atoms with E-state index in [1.807, 2.05) is 6.07 Å². The minimum absolute atomic E-state index is 0.405. The molecule has 2 aromatic rings. The Hall–Kier alpha value is -2.32. The van der Waals surface area contributed by atoms with Gasteiger partial charge in [-0.2, -0.15) is 5.26 Å². The Morgan fingerprint density at radius 2 is 1.91 bits per heavy atom. The minimum atomic E-state index is 0.405. The predicted molar refractivity (Wildman–Crippen MR) is 93.2 cm³/mol. The zero-order valence-electron chi connectivity index (χ0n) is 12.9. The van der Waals surface area contributed by atoms with E-state index in [-0.39, 0.29) is 0 Å². The Labute approximate surface area is 135 Å². The van der Waals surface area contributed by atoms with E-state index in [4.69, 9.17) is 11.0 Å². The Kier molecular flexibility index (Phi) is 5.56. The van der Waals surface area contributed by atoms with Crippen LogP contribution in [0.3, 0.4) is 0 Å². The van der Waals surface area contributed by atoms with Crippen LogP contribution >= 0.6 is 11.3 Å². The van der Waals surface area contributed by atoms with Crippen molar-refractivity contribution in [3.63, 3.8) is 0 Å². The van der Waals surface area contributed by atoms with E-state index in [1.54, 1.807) is 6.07 Å². The van der Waals surface area contributed by atoms with Crippen LogP contribution in [0.1, 0.15) is 34.7 Å². The molecule has 0 radical (unpaired) electrons. The monoisotopic (exact) mass is 312 g/mol. The molecule has 5 heteroatoms. The molecule has 2 rings (SSSR count). The standard InChI is InChI=1S/C17H20N4S/c1-3-12-6-5-7-13(4-2)16(12)21-17(19)20-11-15-9-8-14(10-18)22-15/h5-9H,3-4,11H2,1-2H3,(H3,19,20,21). The quantitative estimate of drug-likeness (QED) is 0.653. The lowest BCUT2D eigenvalue weighted by Gasteiger charge is -2.14. The number of nitrogens with two attached hydrogens (primary N) is 1. The largest absolute Gasteiger partial charge is 0.370 e. The van der Waals surface area contributed by atoms with Gasteiger partial charge in [0.25, 0.3) is 0 Å². The summed E-state index contributed by atoms with van der Waals surface area (Å²) in [4.78, 5) is 6.10. The molecule has 0 spiro atoms. The maximum Gasteiger partial charge on any atom is 0.193 e. The SMILES string of the molecule is CCc1cccc(CC)c1NC(N)=NCc1ccc(C#N)s1. The maximum absolute atomic E-state index is 8.83. The molecule has 1 aromatic heterocycles. The number of aliphatic imine (C=N–C) groups is 1. The Morgan fingerprint density at radius 1 is 1.23 bits per heavy atom. The highest BCUT2D eigenvalue weighted by atomic mass is 32.1. The second kappa shape index (κ2) is 7.62. The smallest absolute Gasteiger partial charge is 0.193 e. The number of aryl methyl sites for hydroxylation is 2. The molecule has 1 heterocycles. The van der Waals surface area contributed by atoms with Crippen molar-refractivity contribution in [1.82, 2.24) is 0 Å². The Morgan fingerprint density at radius 3 is 2.45 bits per heavy atom. The predicted octanol–water partition coefficient (Wildman–Crippen LogP) is 3.67. The highest BCUT2D eigenvalue weighted by Crippen LogP contribution is 2.22. The van der Waals surface area contributed by atoms with E-state index in [0.717, 1.165) is 23.4 Å². The van der Waals surface area contributed by atoms with Gasteiger partial charge in [0.15, 0.2) is 5.96 Å². The summed E-state index contributed by atoms with van der Waals surface area (Å²) in [5, 5.41) is 12.1. The molecule has 0 aliphatic carbocycles. The van der Waals surface area contributed by atoms with E-state index in [9.17, 15) is 0 Å². The number of guanidine groups is 1. The van der Waals surface area contributed by atoms with Crippen molar-refractivity contribution < 1.29 is 0 Å². The normalized spacial score (nSPS) is 11.2. The topological polar surface area (TPSA) is 74.2 Å². The number of nitrogens with zero attached hydrogens (tertiary/aromatic N) is 2. The molecule has 3 N–H and O–H groups in total. The Bertz CT molecular complexity index is 687. The molecule has 0 aliphatic rings. The fraction of sp³-hybridized carbons (Fsp3) is 0.294. The minimum Gasteiger partial charge on any atom is -0.370 e. The number of nitriles is 1. The molecule has 0 saturated carbocycles. The molecule has 0 amide bonds. The first-order valence-corrected chi connectivity index (χ1v) is 8.16. The van der Waals surface area contributed by atoms with Gasteiger partial charge >= 0.3 is 0 Å². The van der Waals surface area contributed by atoms with E-state index in [0.29, 0.717) is 17.4 Å². The number of hydrogen-bond acceptors (Lipinski definition) is 3. The van der Waals surface area contributed by atoms with Crippen molar-refractivity contribution in [3.8, 4) is 6.07 Å². The third-order valence-electron chi connectivity index (χ3n) is 3.43. The van der Waals surface area contributed by atoms with Gasteiger partial charge in [-0.1, -0.05) is 32.0 Å². The van der Waals surface area contributed by atoms with Crippen molar-refractivity contribution >= 4 is 23.0 Å². The number of nitrogens with one attached hydrogen (secondary N) is 1. The number of benzene rings is 1. The lowest BCUT2D eigenvalue weighted by Crippen LogP contribution is -2.24. The number of thiophene rings is 1. The first-order chi connectivity index (χ1) is 10.7. The maximum atomic E-state index is 8.83. The lowest BCUT2D eigenvalue weighted by molar-refractivity contribution is 1.07. The summed E-state index contributed by atoms with van der Waals surface area (Å²) in [6, 6.07) is 12.1. The lowest BCUT2D eigenvalue weighted by atomic mass is 10.0.